The van der Waals surface area contributed by atoms with E-state index in [1.54, 1.807) is 35.1 Å². The molecule has 9 heteroatoms. The number of aromatic nitrogens is 4. The Morgan fingerprint density at radius 3 is 2.62 bits per heavy atom. The highest BCUT2D eigenvalue weighted by atomic mass is 35.5. The lowest BCUT2D eigenvalue weighted by molar-refractivity contribution is 0.0943. The summed E-state index contributed by atoms with van der Waals surface area (Å²) in [5.41, 5.74) is 2.09. The molecule has 0 fully saturated rings. The minimum atomic E-state index is -0.289. The van der Waals surface area contributed by atoms with E-state index in [0.717, 1.165) is 11.4 Å². The van der Waals surface area contributed by atoms with Crippen LogP contribution in [-0.4, -0.2) is 25.5 Å². The predicted octanol–water partition coefficient (Wildman–Crippen LogP) is 3.20. The molecule has 0 spiro atoms. The molecule has 0 unspecified atom stereocenters. The molecule has 0 bridgehead atoms. The quantitative estimate of drug-likeness (QED) is 0.697. The predicted molar refractivity (Wildman–Crippen MR) is 98.4 cm³/mol. The van der Waals surface area contributed by atoms with Crippen LogP contribution in [0.2, 0.25) is 10.0 Å². The number of aryl methyl sites for hydroxylation is 2. The Labute approximate surface area is 160 Å². The highest BCUT2D eigenvalue weighted by Crippen LogP contribution is 2.32. The maximum Gasteiger partial charge on any atom is 0.272 e. The molecule has 3 rings (SSSR count). The normalized spacial score (nSPS) is 10.8. The van der Waals surface area contributed by atoms with E-state index in [2.05, 4.69) is 15.5 Å². The molecule has 26 heavy (non-hydrogen) atoms. The van der Waals surface area contributed by atoms with Crippen molar-refractivity contribution in [2.24, 2.45) is 7.05 Å². The third-order valence-corrected chi connectivity index (χ3v) is 4.32. The van der Waals surface area contributed by atoms with Gasteiger partial charge in [-0.1, -0.05) is 29.3 Å². The van der Waals surface area contributed by atoms with E-state index in [1.807, 2.05) is 20.0 Å². The SMILES string of the molecule is Cc1cc(CNC(=O)c2ccn(COc3c(Cl)cccc3Cl)n2)nn1C. The summed E-state index contributed by atoms with van der Waals surface area (Å²) in [6.45, 7) is 2.36. The second-order valence-electron chi connectivity index (χ2n) is 5.65. The zero-order valence-electron chi connectivity index (χ0n) is 14.2. The van der Waals surface area contributed by atoms with Crippen molar-refractivity contribution in [1.29, 1.82) is 0 Å². The van der Waals surface area contributed by atoms with Gasteiger partial charge in [-0.25, -0.2) is 4.68 Å². The Kier molecular flexibility index (Phi) is 5.49. The maximum atomic E-state index is 12.2. The first-order valence-corrected chi connectivity index (χ1v) is 8.57. The second-order valence-corrected chi connectivity index (χ2v) is 6.46. The van der Waals surface area contributed by atoms with Crippen LogP contribution < -0.4 is 10.1 Å². The summed E-state index contributed by atoms with van der Waals surface area (Å²) in [5.74, 6) is 0.0886. The van der Waals surface area contributed by atoms with E-state index in [0.29, 0.717) is 22.3 Å². The monoisotopic (exact) mass is 393 g/mol. The summed E-state index contributed by atoms with van der Waals surface area (Å²) >= 11 is 12.1. The van der Waals surface area contributed by atoms with Gasteiger partial charge >= 0.3 is 0 Å². The third-order valence-electron chi connectivity index (χ3n) is 3.73. The molecule has 2 heterocycles. The summed E-state index contributed by atoms with van der Waals surface area (Å²) in [6, 6.07) is 8.63. The number of halogens is 2. The number of hydrogen-bond donors (Lipinski definition) is 1. The summed E-state index contributed by atoms with van der Waals surface area (Å²) in [7, 11) is 1.85. The van der Waals surface area contributed by atoms with Crippen LogP contribution in [0.15, 0.2) is 36.5 Å². The maximum absolute atomic E-state index is 12.2. The average molecular weight is 394 g/mol. The first kappa shape index (κ1) is 18.3. The van der Waals surface area contributed by atoms with Gasteiger partial charge < -0.3 is 10.1 Å². The Morgan fingerprint density at radius 1 is 1.23 bits per heavy atom. The molecule has 2 aromatic heterocycles. The van der Waals surface area contributed by atoms with Gasteiger partial charge in [0.2, 0.25) is 0 Å². The Balaban J connectivity index is 1.57. The van der Waals surface area contributed by atoms with E-state index >= 15 is 0 Å². The van der Waals surface area contributed by atoms with Crippen molar-refractivity contribution >= 4 is 29.1 Å². The fourth-order valence-electron chi connectivity index (χ4n) is 2.29. The zero-order chi connectivity index (χ0) is 18.7. The minimum absolute atomic E-state index is 0.0795. The lowest BCUT2D eigenvalue weighted by Gasteiger charge is -2.09. The molecule has 1 amide bonds. The number of nitrogens with one attached hydrogen (secondary N) is 1. The van der Waals surface area contributed by atoms with Crippen LogP contribution in [0.1, 0.15) is 21.9 Å². The molecule has 0 saturated carbocycles. The van der Waals surface area contributed by atoms with Gasteiger partial charge in [0, 0.05) is 18.9 Å². The number of nitrogens with zero attached hydrogens (tertiary/aromatic N) is 4. The molecule has 3 aromatic rings. The first-order valence-electron chi connectivity index (χ1n) is 7.82. The highest BCUT2D eigenvalue weighted by Gasteiger charge is 2.12. The van der Waals surface area contributed by atoms with Crippen molar-refractivity contribution in [2.45, 2.75) is 20.2 Å². The molecule has 7 nitrogen and oxygen atoms in total. The van der Waals surface area contributed by atoms with Crippen LogP contribution in [0.3, 0.4) is 0 Å². The van der Waals surface area contributed by atoms with Gasteiger partial charge in [0.1, 0.15) is 5.69 Å². The van der Waals surface area contributed by atoms with Gasteiger partial charge in [0.05, 0.1) is 22.3 Å². The van der Waals surface area contributed by atoms with Crippen molar-refractivity contribution in [3.05, 3.63) is 63.7 Å². The number of rotatable bonds is 6. The molecule has 0 atom stereocenters. The molecule has 0 aliphatic rings. The van der Waals surface area contributed by atoms with Crippen molar-refractivity contribution < 1.29 is 9.53 Å². The van der Waals surface area contributed by atoms with Crippen LogP contribution in [0, 0.1) is 6.92 Å². The van der Waals surface area contributed by atoms with Gasteiger partial charge in [-0.15, -0.1) is 0 Å². The standard InChI is InChI=1S/C17H17Cl2N5O2/c1-11-8-12(21-23(11)2)9-20-17(25)15-6-7-24(22-15)10-26-16-13(18)4-3-5-14(16)19/h3-8H,9-10H2,1-2H3,(H,20,25). The first-order chi connectivity index (χ1) is 12.4. The van der Waals surface area contributed by atoms with Gasteiger partial charge in [-0.3, -0.25) is 9.48 Å². The fraction of sp³-hybridized carbons (Fsp3) is 0.235. The Hall–Kier alpha value is -2.51. The van der Waals surface area contributed by atoms with E-state index in [4.69, 9.17) is 27.9 Å². The number of para-hydroxylation sites is 1. The summed E-state index contributed by atoms with van der Waals surface area (Å²) in [5, 5.41) is 12.1. The number of hydrogen-bond acceptors (Lipinski definition) is 4. The molecule has 0 aliphatic heterocycles. The van der Waals surface area contributed by atoms with Crippen LogP contribution in [0.25, 0.3) is 0 Å². The van der Waals surface area contributed by atoms with Crippen molar-refractivity contribution in [3.63, 3.8) is 0 Å². The highest BCUT2D eigenvalue weighted by molar-refractivity contribution is 6.37. The topological polar surface area (TPSA) is 74.0 Å². The molecule has 1 N–H and O–H groups in total. The smallest absolute Gasteiger partial charge is 0.272 e. The lowest BCUT2D eigenvalue weighted by Crippen LogP contribution is -2.24. The van der Waals surface area contributed by atoms with E-state index < -0.39 is 0 Å². The van der Waals surface area contributed by atoms with Crippen LogP contribution in [-0.2, 0) is 20.3 Å². The molecule has 0 radical (unpaired) electrons. The van der Waals surface area contributed by atoms with E-state index in [-0.39, 0.29) is 18.3 Å². The number of ether oxygens (including phenoxy) is 1. The van der Waals surface area contributed by atoms with Crippen LogP contribution in [0.4, 0.5) is 0 Å². The third kappa shape index (κ3) is 4.17. The van der Waals surface area contributed by atoms with Gasteiger partial charge in [-0.2, -0.15) is 10.2 Å². The molecule has 1 aromatic carbocycles. The molecule has 0 saturated heterocycles. The van der Waals surface area contributed by atoms with Gasteiger partial charge in [0.15, 0.2) is 12.5 Å². The number of carbonyl (C=O) groups excluding carboxylic acids is 1. The van der Waals surface area contributed by atoms with Crippen LogP contribution in [0.5, 0.6) is 5.75 Å². The second kappa shape index (κ2) is 7.80. The minimum Gasteiger partial charge on any atom is -0.468 e. The molecule has 0 aliphatic carbocycles. The molecular weight excluding hydrogens is 377 g/mol. The summed E-state index contributed by atoms with van der Waals surface area (Å²) < 4.78 is 8.83. The Morgan fingerprint density at radius 2 is 1.96 bits per heavy atom. The van der Waals surface area contributed by atoms with Gasteiger partial charge in [0.25, 0.3) is 5.91 Å². The fourth-order valence-corrected chi connectivity index (χ4v) is 2.80. The van der Waals surface area contributed by atoms with Gasteiger partial charge in [-0.05, 0) is 31.2 Å². The lowest BCUT2D eigenvalue weighted by atomic mass is 10.3. The zero-order valence-corrected chi connectivity index (χ0v) is 15.8. The van der Waals surface area contributed by atoms with Crippen molar-refractivity contribution in [1.82, 2.24) is 24.9 Å². The number of benzene rings is 1. The average Bonchev–Trinajstić information content (AvgIpc) is 3.19. The number of carbonyl (C=O) groups is 1. The molecular formula is C17H17Cl2N5O2. The van der Waals surface area contributed by atoms with E-state index in [1.165, 1.54) is 4.68 Å². The number of amides is 1. The summed E-state index contributed by atoms with van der Waals surface area (Å²) in [4.78, 5) is 12.2. The van der Waals surface area contributed by atoms with Crippen LogP contribution >= 0.6 is 23.2 Å². The summed E-state index contributed by atoms with van der Waals surface area (Å²) in [6.07, 6.45) is 1.64. The van der Waals surface area contributed by atoms with Crippen molar-refractivity contribution in [3.8, 4) is 5.75 Å². The van der Waals surface area contributed by atoms with E-state index in [9.17, 15) is 4.79 Å². The molecule has 136 valence electrons. The van der Waals surface area contributed by atoms with Crippen molar-refractivity contribution in [2.75, 3.05) is 0 Å². The largest absolute Gasteiger partial charge is 0.468 e. The Bertz CT molecular complexity index is 895.